The number of likely N-dealkylation sites (tertiary alicyclic amines) is 1. The van der Waals surface area contributed by atoms with E-state index in [0.29, 0.717) is 24.2 Å². The number of aryl methyl sites for hydroxylation is 2. The van der Waals surface area contributed by atoms with Crippen LogP contribution in [0.4, 0.5) is 4.39 Å². The molecule has 2 aromatic heterocycles. The summed E-state index contributed by atoms with van der Waals surface area (Å²) in [6.07, 6.45) is 1.59. The van der Waals surface area contributed by atoms with Gasteiger partial charge in [0.1, 0.15) is 5.82 Å². The first-order valence-electron chi connectivity index (χ1n) is 10.5. The van der Waals surface area contributed by atoms with E-state index in [9.17, 15) is 9.18 Å². The first-order valence-corrected chi connectivity index (χ1v) is 10.5. The lowest BCUT2D eigenvalue weighted by molar-refractivity contribution is 0.0711. The fourth-order valence-electron chi connectivity index (χ4n) is 4.42. The van der Waals surface area contributed by atoms with Crippen LogP contribution in [0.2, 0.25) is 0 Å². The van der Waals surface area contributed by atoms with Crippen molar-refractivity contribution in [1.82, 2.24) is 19.8 Å². The van der Waals surface area contributed by atoms with Gasteiger partial charge in [0.15, 0.2) is 5.58 Å². The number of aromatic nitrogens is 3. The van der Waals surface area contributed by atoms with E-state index in [1.54, 1.807) is 6.07 Å². The Kier molecular flexibility index (Phi) is 4.81. The highest BCUT2D eigenvalue weighted by atomic mass is 19.1. The van der Waals surface area contributed by atoms with Crippen LogP contribution >= 0.6 is 0 Å². The molecule has 0 bridgehead atoms. The van der Waals surface area contributed by atoms with Crippen molar-refractivity contribution in [3.8, 4) is 5.69 Å². The van der Waals surface area contributed by atoms with Gasteiger partial charge in [-0.2, -0.15) is 5.10 Å². The Morgan fingerprint density at radius 3 is 2.65 bits per heavy atom. The first-order chi connectivity index (χ1) is 15.0. The zero-order valence-corrected chi connectivity index (χ0v) is 17.5. The molecule has 6 nitrogen and oxygen atoms in total. The maximum Gasteiger partial charge on any atom is 0.253 e. The summed E-state index contributed by atoms with van der Waals surface area (Å²) in [6.45, 7) is 5.24. The highest BCUT2D eigenvalue weighted by Gasteiger charge is 2.28. The summed E-state index contributed by atoms with van der Waals surface area (Å²) >= 11 is 0. The lowest BCUT2D eigenvalue weighted by Crippen LogP contribution is -2.38. The highest BCUT2D eigenvalue weighted by Crippen LogP contribution is 2.33. The Balaban J connectivity index is 1.31. The molecule has 0 atom stereocenters. The summed E-state index contributed by atoms with van der Waals surface area (Å²) in [6, 6.07) is 14.1. The molecule has 0 N–H and O–H groups in total. The van der Waals surface area contributed by atoms with Gasteiger partial charge in [-0.1, -0.05) is 11.2 Å². The van der Waals surface area contributed by atoms with E-state index in [1.807, 2.05) is 53.8 Å². The van der Waals surface area contributed by atoms with Crippen molar-refractivity contribution >= 4 is 16.9 Å². The number of benzene rings is 2. The minimum absolute atomic E-state index is 0.0221. The molecule has 3 heterocycles. The Morgan fingerprint density at radius 2 is 1.90 bits per heavy atom. The summed E-state index contributed by atoms with van der Waals surface area (Å²) in [5.41, 5.74) is 4.84. The second kappa shape index (κ2) is 7.65. The SMILES string of the molecule is Cc1cc(C)n(-c2cccc(C(=O)N3CCC(c4noc5cc(F)ccc45)CC3)c2)n1. The van der Waals surface area contributed by atoms with Crippen molar-refractivity contribution in [3.63, 3.8) is 0 Å². The molecule has 0 unspecified atom stereocenters. The zero-order valence-electron chi connectivity index (χ0n) is 17.5. The number of nitrogens with zero attached hydrogens (tertiary/aromatic N) is 4. The number of hydrogen-bond donors (Lipinski definition) is 0. The van der Waals surface area contributed by atoms with Crippen molar-refractivity contribution in [2.75, 3.05) is 13.1 Å². The van der Waals surface area contributed by atoms with Crippen LogP contribution in [0.5, 0.6) is 0 Å². The van der Waals surface area contributed by atoms with E-state index >= 15 is 0 Å². The molecule has 1 amide bonds. The van der Waals surface area contributed by atoms with Crippen LogP contribution in [0, 0.1) is 19.7 Å². The molecule has 0 saturated carbocycles. The summed E-state index contributed by atoms with van der Waals surface area (Å²) in [5.74, 6) is -0.121. The van der Waals surface area contributed by atoms with Crippen LogP contribution < -0.4 is 0 Å². The molecule has 0 radical (unpaired) electrons. The van der Waals surface area contributed by atoms with E-state index in [4.69, 9.17) is 4.52 Å². The van der Waals surface area contributed by atoms with Gasteiger partial charge in [-0.25, -0.2) is 9.07 Å². The molecule has 1 aliphatic rings. The lowest BCUT2D eigenvalue weighted by Gasteiger charge is -2.31. The summed E-state index contributed by atoms with van der Waals surface area (Å²) in [5, 5.41) is 9.55. The van der Waals surface area contributed by atoms with Crippen LogP contribution in [-0.2, 0) is 0 Å². The van der Waals surface area contributed by atoms with Crippen LogP contribution in [-0.4, -0.2) is 38.8 Å². The Hall–Kier alpha value is -3.48. The lowest BCUT2D eigenvalue weighted by atomic mass is 9.91. The van der Waals surface area contributed by atoms with E-state index in [1.165, 1.54) is 12.1 Å². The molecule has 0 aliphatic carbocycles. The minimum atomic E-state index is -0.335. The van der Waals surface area contributed by atoms with Crippen LogP contribution in [0.25, 0.3) is 16.7 Å². The van der Waals surface area contributed by atoms with E-state index < -0.39 is 0 Å². The van der Waals surface area contributed by atoms with Gasteiger partial charge in [0.25, 0.3) is 5.91 Å². The number of carbonyl (C=O) groups is 1. The summed E-state index contributed by atoms with van der Waals surface area (Å²) < 4.78 is 20.6. The van der Waals surface area contributed by atoms with Crippen molar-refractivity contribution in [3.05, 3.63) is 77.0 Å². The summed E-state index contributed by atoms with van der Waals surface area (Å²) in [7, 11) is 0. The number of amides is 1. The number of rotatable bonds is 3. The molecule has 5 rings (SSSR count). The molecule has 0 spiro atoms. The van der Waals surface area contributed by atoms with Crippen LogP contribution in [0.3, 0.4) is 0 Å². The van der Waals surface area contributed by atoms with Crippen molar-refractivity contribution < 1.29 is 13.7 Å². The quantitative estimate of drug-likeness (QED) is 0.480. The van der Waals surface area contributed by atoms with Crippen molar-refractivity contribution in [1.29, 1.82) is 0 Å². The van der Waals surface area contributed by atoms with Gasteiger partial charge >= 0.3 is 0 Å². The van der Waals surface area contributed by atoms with Gasteiger partial charge in [-0.15, -0.1) is 0 Å². The number of halogens is 1. The van der Waals surface area contributed by atoms with Gasteiger partial charge in [0, 0.05) is 41.7 Å². The van der Waals surface area contributed by atoms with Gasteiger partial charge in [-0.05, 0) is 63.1 Å². The number of fused-ring (bicyclic) bond motifs is 1. The molecule has 7 heteroatoms. The third-order valence-corrected chi connectivity index (χ3v) is 5.98. The average molecular weight is 418 g/mol. The molecule has 4 aromatic rings. The van der Waals surface area contributed by atoms with Gasteiger partial charge in [0.2, 0.25) is 0 Å². The predicted octanol–water partition coefficient (Wildman–Crippen LogP) is 4.79. The van der Waals surface area contributed by atoms with Crippen molar-refractivity contribution in [2.24, 2.45) is 0 Å². The van der Waals surface area contributed by atoms with Crippen LogP contribution in [0.1, 0.15) is 46.2 Å². The Labute approximate surface area is 179 Å². The standard InChI is InChI=1S/C24H23FN4O2/c1-15-12-16(2)29(26-15)20-5-3-4-18(13-20)24(30)28-10-8-17(9-11-28)23-21-7-6-19(25)14-22(21)31-27-23/h3-7,12-14,17H,8-11H2,1-2H3. The first kappa shape index (κ1) is 19.5. The number of carbonyl (C=O) groups excluding carboxylic acids is 1. The predicted molar refractivity (Wildman–Crippen MR) is 115 cm³/mol. The van der Waals surface area contributed by atoms with E-state index in [2.05, 4.69) is 10.3 Å². The van der Waals surface area contributed by atoms with E-state index in [0.717, 1.165) is 41.0 Å². The van der Waals surface area contributed by atoms with E-state index in [-0.39, 0.29) is 17.6 Å². The maximum atomic E-state index is 13.4. The second-order valence-corrected chi connectivity index (χ2v) is 8.16. The Morgan fingerprint density at radius 1 is 1.10 bits per heavy atom. The normalized spacial score (nSPS) is 15.0. The minimum Gasteiger partial charge on any atom is -0.356 e. The number of hydrogen-bond acceptors (Lipinski definition) is 4. The molecule has 2 aromatic carbocycles. The monoisotopic (exact) mass is 418 g/mol. The molecule has 31 heavy (non-hydrogen) atoms. The molecule has 1 fully saturated rings. The van der Waals surface area contributed by atoms with Crippen LogP contribution in [0.15, 0.2) is 53.1 Å². The average Bonchev–Trinajstić information content (AvgIpc) is 3.35. The third kappa shape index (κ3) is 3.60. The fraction of sp³-hybridized carbons (Fsp3) is 0.292. The maximum absolute atomic E-state index is 13.4. The van der Waals surface area contributed by atoms with Gasteiger partial charge in [-0.3, -0.25) is 4.79 Å². The fourth-order valence-corrected chi connectivity index (χ4v) is 4.42. The zero-order chi connectivity index (χ0) is 21.5. The summed E-state index contributed by atoms with van der Waals surface area (Å²) in [4.78, 5) is 15.0. The largest absolute Gasteiger partial charge is 0.356 e. The molecule has 1 saturated heterocycles. The molecule has 1 aliphatic heterocycles. The van der Waals surface area contributed by atoms with Gasteiger partial charge in [0.05, 0.1) is 17.1 Å². The highest BCUT2D eigenvalue weighted by molar-refractivity contribution is 5.94. The third-order valence-electron chi connectivity index (χ3n) is 5.98. The molecular formula is C24H23FN4O2. The van der Waals surface area contributed by atoms with Crippen molar-refractivity contribution in [2.45, 2.75) is 32.6 Å². The molecular weight excluding hydrogens is 395 g/mol. The smallest absolute Gasteiger partial charge is 0.253 e. The topological polar surface area (TPSA) is 64.2 Å². The number of piperidine rings is 1. The Bertz CT molecular complexity index is 1270. The van der Waals surface area contributed by atoms with Gasteiger partial charge < -0.3 is 9.42 Å². The second-order valence-electron chi connectivity index (χ2n) is 8.16. The molecule has 158 valence electrons.